The standard InChI is InChI=1S/C29H26ClN3O9/c1-11-8-13-19(24(35)29(11)25(36)20-16(40-4)10-17(41-5)22(30)23(20)42-29)18(12-6-7-15(39-3)14(34)9-12)21-26(31-13)33(2)28(38)32-27(21)37/h6-7,9-11,18,31,34H,8H2,1-5H3,(H,32,37,38)/t11-,18?,29+/m1/s1. The van der Waals surface area contributed by atoms with Crippen LogP contribution in [0.1, 0.15) is 40.7 Å². The van der Waals surface area contributed by atoms with Crippen molar-refractivity contribution in [2.24, 2.45) is 13.0 Å². The molecule has 42 heavy (non-hydrogen) atoms. The highest BCUT2D eigenvalue weighted by Gasteiger charge is 2.63. The molecule has 13 heteroatoms. The molecule has 12 nitrogen and oxygen atoms in total. The van der Waals surface area contributed by atoms with E-state index in [2.05, 4.69) is 10.3 Å². The number of aromatic hydroxyl groups is 1. The van der Waals surface area contributed by atoms with Gasteiger partial charge in [-0.1, -0.05) is 24.6 Å². The summed E-state index contributed by atoms with van der Waals surface area (Å²) < 4.78 is 23.5. The monoisotopic (exact) mass is 595 g/mol. The summed E-state index contributed by atoms with van der Waals surface area (Å²) >= 11 is 6.56. The molecule has 0 saturated carbocycles. The quantitative estimate of drug-likeness (QED) is 0.383. The average molecular weight is 596 g/mol. The van der Waals surface area contributed by atoms with E-state index in [4.69, 9.17) is 30.5 Å². The topological polar surface area (TPSA) is 158 Å². The third kappa shape index (κ3) is 3.47. The smallest absolute Gasteiger partial charge is 0.329 e. The number of H-pyrrole nitrogens is 1. The van der Waals surface area contributed by atoms with Crippen molar-refractivity contribution in [2.45, 2.75) is 24.9 Å². The number of nitrogens with one attached hydrogen (secondary N) is 2. The molecule has 0 radical (unpaired) electrons. The molecular formula is C29H26ClN3O9. The lowest BCUT2D eigenvalue weighted by Gasteiger charge is -2.42. The van der Waals surface area contributed by atoms with Gasteiger partial charge in [0.15, 0.2) is 17.2 Å². The molecule has 0 fully saturated rings. The number of methoxy groups -OCH3 is 3. The Kier molecular flexibility index (Phi) is 6.15. The number of nitrogens with zero attached hydrogens (tertiary/aromatic N) is 1. The fraction of sp³-hybridized carbons (Fsp3) is 0.310. The molecule has 6 rings (SSSR count). The van der Waals surface area contributed by atoms with Crippen molar-refractivity contribution >= 4 is 29.0 Å². The molecule has 3 heterocycles. The lowest BCUT2D eigenvalue weighted by Crippen LogP contribution is -2.58. The number of fused-ring (bicyclic) bond motifs is 2. The first kappa shape index (κ1) is 27.5. The molecule has 1 unspecified atom stereocenters. The summed E-state index contributed by atoms with van der Waals surface area (Å²) in [6, 6.07) is 5.93. The minimum Gasteiger partial charge on any atom is -0.504 e. The Hall–Kier alpha value is -4.71. The van der Waals surface area contributed by atoms with Gasteiger partial charge in [0.25, 0.3) is 5.56 Å². The summed E-state index contributed by atoms with van der Waals surface area (Å²) in [5.41, 5.74) is -2.51. The Morgan fingerprint density at radius 3 is 2.36 bits per heavy atom. The zero-order valence-corrected chi connectivity index (χ0v) is 24.0. The van der Waals surface area contributed by atoms with Crippen LogP contribution in [0.5, 0.6) is 28.7 Å². The van der Waals surface area contributed by atoms with E-state index in [1.54, 1.807) is 13.0 Å². The summed E-state index contributed by atoms with van der Waals surface area (Å²) in [6.45, 7) is 1.70. The number of carbonyl (C=O) groups excluding carboxylic acids is 2. The van der Waals surface area contributed by atoms with Crippen molar-refractivity contribution < 1.29 is 33.6 Å². The molecular weight excluding hydrogens is 570 g/mol. The largest absolute Gasteiger partial charge is 0.504 e. The Labute approximate surface area is 243 Å². The van der Waals surface area contributed by atoms with Gasteiger partial charge >= 0.3 is 5.69 Å². The highest BCUT2D eigenvalue weighted by atomic mass is 35.5. The number of halogens is 1. The van der Waals surface area contributed by atoms with Crippen molar-refractivity contribution in [3.63, 3.8) is 0 Å². The molecule has 3 N–H and O–H groups in total. The van der Waals surface area contributed by atoms with Crippen molar-refractivity contribution in [1.82, 2.24) is 9.55 Å². The molecule has 3 aliphatic rings. The first-order valence-corrected chi connectivity index (χ1v) is 13.3. The number of aromatic nitrogens is 2. The van der Waals surface area contributed by atoms with Crippen molar-refractivity contribution in [3.8, 4) is 28.7 Å². The van der Waals surface area contributed by atoms with Crippen LogP contribution in [-0.4, -0.2) is 53.2 Å². The van der Waals surface area contributed by atoms with Crippen LogP contribution in [0.15, 0.2) is 45.1 Å². The molecule has 3 atom stereocenters. The zero-order chi connectivity index (χ0) is 30.2. The van der Waals surface area contributed by atoms with E-state index in [0.29, 0.717) is 11.3 Å². The minimum absolute atomic E-state index is 0.00786. The predicted molar refractivity (Wildman–Crippen MR) is 150 cm³/mol. The molecule has 0 saturated heterocycles. The zero-order valence-electron chi connectivity index (χ0n) is 23.2. The number of hydrogen-bond acceptors (Lipinski definition) is 10. The summed E-state index contributed by atoms with van der Waals surface area (Å²) in [6.07, 6.45) is 0.136. The van der Waals surface area contributed by atoms with E-state index in [9.17, 15) is 24.3 Å². The van der Waals surface area contributed by atoms with Gasteiger partial charge in [0.05, 0.1) is 26.9 Å². The fourth-order valence-electron chi connectivity index (χ4n) is 6.18. The van der Waals surface area contributed by atoms with Gasteiger partial charge in [0.1, 0.15) is 27.9 Å². The summed E-state index contributed by atoms with van der Waals surface area (Å²) in [5.74, 6) is -2.71. The lowest BCUT2D eigenvalue weighted by atomic mass is 9.66. The van der Waals surface area contributed by atoms with E-state index < -0.39 is 40.3 Å². The number of phenolic OH excluding ortho intramolecular Hbond substituents is 1. The first-order valence-electron chi connectivity index (χ1n) is 12.9. The number of benzene rings is 2. The van der Waals surface area contributed by atoms with E-state index in [1.165, 1.54) is 51.1 Å². The second kappa shape index (κ2) is 9.41. The third-order valence-corrected chi connectivity index (χ3v) is 8.63. The SMILES string of the molecule is COc1ccc(C2C3=C(C[C@@H](C)[C@]4(Oc5c(Cl)c(OC)cc(OC)c5C4=O)C3=O)Nc3c2c(=O)[nH]c(=O)n3C)cc1O. The molecule has 218 valence electrons. The van der Waals surface area contributed by atoms with Gasteiger partial charge in [-0.2, -0.15) is 0 Å². The van der Waals surface area contributed by atoms with Crippen LogP contribution < -0.4 is 35.5 Å². The number of allylic oxidation sites excluding steroid dienone is 1. The summed E-state index contributed by atoms with van der Waals surface area (Å²) in [5, 5.41) is 13.8. The van der Waals surface area contributed by atoms with Crippen LogP contribution in [0.25, 0.3) is 0 Å². The van der Waals surface area contributed by atoms with Crippen LogP contribution in [-0.2, 0) is 11.8 Å². The van der Waals surface area contributed by atoms with Crippen LogP contribution in [0, 0.1) is 5.92 Å². The van der Waals surface area contributed by atoms with Gasteiger partial charge in [-0.15, -0.1) is 0 Å². The van der Waals surface area contributed by atoms with Crippen LogP contribution in [0.3, 0.4) is 0 Å². The molecule has 0 amide bonds. The number of anilines is 1. The lowest BCUT2D eigenvalue weighted by molar-refractivity contribution is -0.130. The molecule has 3 aromatic rings. The molecule has 1 aliphatic carbocycles. The van der Waals surface area contributed by atoms with E-state index in [-0.39, 0.29) is 62.7 Å². The molecule has 1 spiro atoms. The number of carbonyl (C=O) groups is 2. The van der Waals surface area contributed by atoms with Gasteiger partial charge in [0, 0.05) is 36.2 Å². The second-order valence-corrected chi connectivity index (χ2v) is 10.7. The number of hydrogen-bond donors (Lipinski definition) is 3. The Morgan fingerprint density at radius 2 is 1.71 bits per heavy atom. The van der Waals surface area contributed by atoms with Crippen LogP contribution >= 0.6 is 11.6 Å². The van der Waals surface area contributed by atoms with Crippen LogP contribution in [0.4, 0.5) is 5.82 Å². The number of rotatable bonds is 4. The average Bonchev–Trinajstić information content (AvgIpc) is 3.28. The number of ketones is 2. The fourth-order valence-corrected chi connectivity index (χ4v) is 6.45. The van der Waals surface area contributed by atoms with Gasteiger partial charge in [-0.25, -0.2) is 4.79 Å². The van der Waals surface area contributed by atoms with E-state index in [1.807, 2.05) is 0 Å². The summed E-state index contributed by atoms with van der Waals surface area (Å²) in [4.78, 5) is 57.2. The van der Waals surface area contributed by atoms with Crippen molar-refractivity contribution in [3.05, 3.63) is 78.1 Å². The van der Waals surface area contributed by atoms with Gasteiger partial charge in [-0.3, -0.25) is 23.9 Å². The maximum absolute atomic E-state index is 14.8. The third-order valence-electron chi connectivity index (χ3n) is 8.27. The number of ether oxygens (including phenoxy) is 4. The minimum atomic E-state index is -2.04. The van der Waals surface area contributed by atoms with Gasteiger partial charge in [-0.05, 0) is 24.1 Å². The highest BCUT2D eigenvalue weighted by Crippen LogP contribution is 2.56. The number of aromatic amines is 1. The highest BCUT2D eigenvalue weighted by molar-refractivity contribution is 6.36. The predicted octanol–water partition coefficient (Wildman–Crippen LogP) is 2.89. The molecule has 1 aromatic heterocycles. The van der Waals surface area contributed by atoms with Crippen molar-refractivity contribution in [2.75, 3.05) is 26.6 Å². The maximum atomic E-state index is 14.8. The molecule has 0 bridgehead atoms. The van der Waals surface area contributed by atoms with E-state index >= 15 is 0 Å². The number of Topliss-reactive ketones (excluding diaryl/α,β-unsaturated/α-hetero) is 2. The Morgan fingerprint density at radius 1 is 1.02 bits per heavy atom. The van der Waals surface area contributed by atoms with Crippen LogP contribution in [0.2, 0.25) is 5.02 Å². The molecule has 2 aliphatic heterocycles. The van der Waals surface area contributed by atoms with Gasteiger partial charge < -0.3 is 29.4 Å². The second-order valence-electron chi connectivity index (χ2n) is 10.4. The first-order chi connectivity index (χ1) is 20.0. The Balaban J connectivity index is 1.61. The number of phenols is 1. The van der Waals surface area contributed by atoms with E-state index in [0.717, 1.165) is 0 Å². The Bertz CT molecular complexity index is 1880. The molecule has 2 aromatic carbocycles. The van der Waals surface area contributed by atoms with Gasteiger partial charge in [0.2, 0.25) is 17.2 Å². The van der Waals surface area contributed by atoms with Crippen molar-refractivity contribution in [1.29, 1.82) is 0 Å². The maximum Gasteiger partial charge on any atom is 0.329 e. The summed E-state index contributed by atoms with van der Waals surface area (Å²) in [7, 11) is 5.64. The normalized spacial score (nSPS) is 22.2.